The van der Waals surface area contributed by atoms with Crippen LogP contribution >= 0.6 is 11.3 Å². The molecule has 0 radical (unpaired) electrons. The molecular weight excluding hydrogens is 396 g/mol. The topological polar surface area (TPSA) is 49.9 Å². The first-order valence-corrected chi connectivity index (χ1v) is 11.6. The van der Waals surface area contributed by atoms with E-state index < -0.39 is 0 Å². The fraction of sp³-hybridized carbons (Fsp3) is 0.500. The van der Waals surface area contributed by atoms with E-state index in [-0.39, 0.29) is 24.4 Å². The van der Waals surface area contributed by atoms with Crippen LogP contribution in [-0.4, -0.2) is 55.0 Å². The molecule has 1 aliphatic heterocycles. The Hall–Kier alpha value is -2.18. The SMILES string of the molecule is CCCCC(=O)N(CCOC)CC(=O)N1CCc2sccc2C1c1ccc(C)cc1. The van der Waals surface area contributed by atoms with Crippen LogP contribution in [0.4, 0.5) is 0 Å². The van der Waals surface area contributed by atoms with Gasteiger partial charge in [0.05, 0.1) is 19.2 Å². The zero-order chi connectivity index (χ0) is 21.5. The summed E-state index contributed by atoms with van der Waals surface area (Å²) in [6.07, 6.45) is 3.14. The predicted octanol–water partition coefficient (Wildman–Crippen LogP) is 4.20. The summed E-state index contributed by atoms with van der Waals surface area (Å²) in [6.45, 7) is 5.79. The molecule has 162 valence electrons. The van der Waals surface area contributed by atoms with Crippen LogP contribution in [-0.2, 0) is 20.7 Å². The van der Waals surface area contributed by atoms with Crippen molar-refractivity contribution in [2.45, 2.75) is 45.6 Å². The van der Waals surface area contributed by atoms with Gasteiger partial charge >= 0.3 is 0 Å². The van der Waals surface area contributed by atoms with Gasteiger partial charge in [0.2, 0.25) is 11.8 Å². The van der Waals surface area contributed by atoms with Gasteiger partial charge in [-0.1, -0.05) is 43.2 Å². The van der Waals surface area contributed by atoms with Crippen LogP contribution in [0.2, 0.25) is 0 Å². The second-order valence-electron chi connectivity index (χ2n) is 7.86. The molecule has 1 aromatic heterocycles. The van der Waals surface area contributed by atoms with Crippen molar-refractivity contribution in [2.24, 2.45) is 0 Å². The van der Waals surface area contributed by atoms with E-state index in [0.717, 1.165) is 24.8 Å². The number of benzene rings is 1. The van der Waals surface area contributed by atoms with Gasteiger partial charge in [-0.25, -0.2) is 0 Å². The molecule has 0 N–H and O–H groups in total. The highest BCUT2D eigenvalue weighted by molar-refractivity contribution is 7.10. The second kappa shape index (κ2) is 10.7. The lowest BCUT2D eigenvalue weighted by molar-refractivity contribution is -0.142. The highest BCUT2D eigenvalue weighted by Gasteiger charge is 2.33. The van der Waals surface area contributed by atoms with Gasteiger partial charge in [0, 0.05) is 31.5 Å². The molecule has 2 heterocycles. The first kappa shape index (κ1) is 22.5. The highest BCUT2D eigenvalue weighted by atomic mass is 32.1. The zero-order valence-corrected chi connectivity index (χ0v) is 19.0. The average molecular weight is 429 g/mol. The summed E-state index contributed by atoms with van der Waals surface area (Å²) in [5.74, 6) is 0.0285. The van der Waals surface area contributed by atoms with Crippen molar-refractivity contribution in [3.63, 3.8) is 0 Å². The van der Waals surface area contributed by atoms with Crippen molar-refractivity contribution in [1.29, 1.82) is 0 Å². The maximum atomic E-state index is 13.4. The molecular formula is C24H32N2O3S. The molecule has 0 aliphatic carbocycles. The number of nitrogens with zero attached hydrogens (tertiary/aromatic N) is 2. The standard InChI is InChI=1S/C24H32N2O3S/c1-4-5-6-22(27)25(14-15-29-3)17-23(28)26-13-11-21-20(12-16-30-21)24(26)19-9-7-18(2)8-10-19/h7-10,12,16,24H,4-6,11,13-15,17H2,1-3H3. The quantitative estimate of drug-likeness (QED) is 0.602. The Morgan fingerprint density at radius 1 is 1.23 bits per heavy atom. The third-order valence-corrected chi connectivity index (χ3v) is 6.66. The number of carbonyl (C=O) groups is 2. The molecule has 0 fully saturated rings. The van der Waals surface area contributed by atoms with E-state index in [0.29, 0.717) is 26.1 Å². The molecule has 1 aromatic carbocycles. The number of rotatable bonds is 9. The Labute approximate surface area is 183 Å². The number of amides is 2. The molecule has 30 heavy (non-hydrogen) atoms. The maximum Gasteiger partial charge on any atom is 0.242 e. The summed E-state index contributed by atoms with van der Waals surface area (Å²) in [5, 5.41) is 2.11. The van der Waals surface area contributed by atoms with Gasteiger partial charge in [0.25, 0.3) is 0 Å². The molecule has 0 saturated carbocycles. The van der Waals surface area contributed by atoms with E-state index in [1.165, 1.54) is 16.0 Å². The van der Waals surface area contributed by atoms with E-state index in [1.807, 2.05) is 4.90 Å². The molecule has 1 atom stereocenters. The lowest BCUT2D eigenvalue weighted by Gasteiger charge is -2.37. The highest BCUT2D eigenvalue weighted by Crippen LogP contribution is 2.37. The Kier molecular flexibility index (Phi) is 8.05. The summed E-state index contributed by atoms with van der Waals surface area (Å²) in [5.41, 5.74) is 3.53. The molecule has 0 spiro atoms. The summed E-state index contributed by atoms with van der Waals surface area (Å²) >= 11 is 1.76. The number of carbonyl (C=O) groups excluding carboxylic acids is 2. The third-order valence-electron chi connectivity index (χ3n) is 5.67. The minimum atomic E-state index is -0.0943. The Morgan fingerprint density at radius 2 is 2.00 bits per heavy atom. The van der Waals surface area contributed by atoms with Crippen LogP contribution in [0.25, 0.3) is 0 Å². The Bertz CT molecular complexity index is 846. The van der Waals surface area contributed by atoms with Crippen molar-refractivity contribution in [2.75, 3.05) is 33.4 Å². The summed E-state index contributed by atoms with van der Waals surface area (Å²) in [4.78, 5) is 31.1. The molecule has 1 aliphatic rings. The third kappa shape index (κ3) is 5.29. The van der Waals surface area contributed by atoms with Gasteiger partial charge in [0.15, 0.2) is 0 Å². The van der Waals surface area contributed by atoms with E-state index in [2.05, 4.69) is 49.6 Å². The smallest absolute Gasteiger partial charge is 0.242 e. The maximum absolute atomic E-state index is 13.4. The van der Waals surface area contributed by atoms with Crippen molar-refractivity contribution in [3.05, 3.63) is 57.3 Å². The molecule has 3 rings (SSSR count). The summed E-state index contributed by atoms with van der Waals surface area (Å²) < 4.78 is 5.17. The Balaban J connectivity index is 1.82. The monoisotopic (exact) mass is 428 g/mol. The lowest BCUT2D eigenvalue weighted by Crippen LogP contribution is -2.47. The number of fused-ring (bicyclic) bond motifs is 1. The van der Waals surface area contributed by atoms with Crippen LogP contribution < -0.4 is 0 Å². The zero-order valence-electron chi connectivity index (χ0n) is 18.2. The average Bonchev–Trinajstić information content (AvgIpc) is 3.23. The van der Waals surface area contributed by atoms with E-state index >= 15 is 0 Å². The van der Waals surface area contributed by atoms with Gasteiger partial charge in [-0.15, -0.1) is 11.3 Å². The predicted molar refractivity (Wildman–Crippen MR) is 121 cm³/mol. The van der Waals surface area contributed by atoms with Crippen molar-refractivity contribution >= 4 is 23.2 Å². The fourth-order valence-corrected chi connectivity index (χ4v) is 4.83. The van der Waals surface area contributed by atoms with E-state index in [4.69, 9.17) is 4.74 Å². The van der Waals surface area contributed by atoms with Crippen molar-refractivity contribution in [1.82, 2.24) is 9.80 Å². The van der Waals surface area contributed by atoms with Crippen molar-refractivity contribution in [3.8, 4) is 0 Å². The normalized spacial score (nSPS) is 15.7. The van der Waals surface area contributed by atoms with Crippen LogP contribution in [0.1, 0.15) is 53.8 Å². The van der Waals surface area contributed by atoms with Gasteiger partial charge in [-0.05, 0) is 42.3 Å². The number of thiophene rings is 1. The minimum Gasteiger partial charge on any atom is -0.383 e. The summed E-state index contributed by atoms with van der Waals surface area (Å²) in [7, 11) is 1.62. The summed E-state index contributed by atoms with van der Waals surface area (Å²) in [6, 6.07) is 10.5. The Morgan fingerprint density at radius 3 is 2.70 bits per heavy atom. The molecule has 5 nitrogen and oxygen atoms in total. The van der Waals surface area contributed by atoms with Crippen LogP contribution in [0, 0.1) is 6.92 Å². The van der Waals surface area contributed by atoms with Gasteiger partial charge in [-0.2, -0.15) is 0 Å². The number of ether oxygens (including phenoxy) is 1. The number of unbranched alkanes of at least 4 members (excludes halogenated alkanes) is 1. The van der Waals surface area contributed by atoms with Crippen LogP contribution in [0.3, 0.4) is 0 Å². The molecule has 1 unspecified atom stereocenters. The number of hydrogen-bond donors (Lipinski definition) is 0. The van der Waals surface area contributed by atoms with Crippen LogP contribution in [0.5, 0.6) is 0 Å². The fourth-order valence-electron chi connectivity index (χ4n) is 3.93. The molecule has 2 aromatic rings. The van der Waals surface area contributed by atoms with E-state index in [1.54, 1.807) is 23.3 Å². The number of hydrogen-bond acceptors (Lipinski definition) is 4. The van der Waals surface area contributed by atoms with Gasteiger partial charge in [0.1, 0.15) is 0 Å². The largest absolute Gasteiger partial charge is 0.383 e. The first-order chi connectivity index (χ1) is 14.5. The molecule has 6 heteroatoms. The van der Waals surface area contributed by atoms with Gasteiger partial charge < -0.3 is 14.5 Å². The van der Waals surface area contributed by atoms with Crippen LogP contribution in [0.15, 0.2) is 35.7 Å². The molecule has 0 saturated heterocycles. The van der Waals surface area contributed by atoms with Crippen molar-refractivity contribution < 1.29 is 14.3 Å². The lowest BCUT2D eigenvalue weighted by atomic mass is 9.92. The van der Waals surface area contributed by atoms with Gasteiger partial charge in [-0.3, -0.25) is 9.59 Å². The molecule has 0 bridgehead atoms. The molecule has 2 amide bonds. The minimum absolute atomic E-state index is 0.00150. The number of methoxy groups -OCH3 is 1. The second-order valence-corrected chi connectivity index (χ2v) is 8.86. The first-order valence-electron chi connectivity index (χ1n) is 10.7. The van der Waals surface area contributed by atoms with E-state index in [9.17, 15) is 9.59 Å². The number of aryl methyl sites for hydroxylation is 1.